The standard InChI is InChI=1S/C23H28N2O2/c1-18(19-10-4-3-5-11-19)16-23(26)24-17-21(25-14-8-9-15-25)20-12-6-7-13-22(20)27-2/h3-7,10-13,16,21H,8-9,14-15,17H2,1-2H3,(H,24,26). The van der Waals surface area contributed by atoms with Crippen molar-refractivity contribution in [2.75, 3.05) is 26.7 Å². The molecule has 1 aliphatic rings. The number of amides is 1. The van der Waals surface area contributed by atoms with Crippen molar-refractivity contribution in [2.24, 2.45) is 0 Å². The first-order valence-electron chi connectivity index (χ1n) is 9.57. The highest BCUT2D eigenvalue weighted by Crippen LogP contribution is 2.31. The maximum atomic E-state index is 12.5. The van der Waals surface area contributed by atoms with Gasteiger partial charge in [-0.05, 0) is 50.1 Å². The van der Waals surface area contributed by atoms with Gasteiger partial charge in [0, 0.05) is 18.2 Å². The number of ether oxygens (including phenoxy) is 1. The van der Waals surface area contributed by atoms with E-state index in [0.717, 1.165) is 35.5 Å². The van der Waals surface area contributed by atoms with Gasteiger partial charge in [-0.1, -0.05) is 48.5 Å². The van der Waals surface area contributed by atoms with Crippen LogP contribution in [-0.4, -0.2) is 37.6 Å². The van der Waals surface area contributed by atoms with Gasteiger partial charge in [-0.25, -0.2) is 0 Å². The summed E-state index contributed by atoms with van der Waals surface area (Å²) in [6.07, 6.45) is 4.08. The van der Waals surface area contributed by atoms with Crippen LogP contribution in [0.1, 0.15) is 36.9 Å². The van der Waals surface area contributed by atoms with E-state index < -0.39 is 0 Å². The minimum Gasteiger partial charge on any atom is -0.496 e. The van der Waals surface area contributed by atoms with Gasteiger partial charge in [-0.3, -0.25) is 9.69 Å². The number of hydrogen-bond acceptors (Lipinski definition) is 3. The van der Waals surface area contributed by atoms with Crippen molar-refractivity contribution in [2.45, 2.75) is 25.8 Å². The minimum absolute atomic E-state index is 0.0598. The van der Waals surface area contributed by atoms with E-state index in [0.29, 0.717) is 6.54 Å². The average Bonchev–Trinajstić information content (AvgIpc) is 3.23. The minimum atomic E-state index is -0.0598. The number of hydrogen-bond donors (Lipinski definition) is 1. The number of carbonyl (C=O) groups is 1. The quantitative estimate of drug-likeness (QED) is 0.754. The molecule has 27 heavy (non-hydrogen) atoms. The van der Waals surface area contributed by atoms with Crippen molar-refractivity contribution in [1.82, 2.24) is 10.2 Å². The summed E-state index contributed by atoms with van der Waals surface area (Å²) in [5.74, 6) is 0.815. The summed E-state index contributed by atoms with van der Waals surface area (Å²) in [5, 5.41) is 3.10. The number of benzene rings is 2. The number of carbonyl (C=O) groups excluding carboxylic acids is 1. The number of nitrogens with zero attached hydrogens (tertiary/aromatic N) is 1. The van der Waals surface area contributed by atoms with Crippen LogP contribution >= 0.6 is 0 Å². The van der Waals surface area contributed by atoms with Crippen molar-refractivity contribution in [1.29, 1.82) is 0 Å². The molecule has 142 valence electrons. The number of likely N-dealkylation sites (tertiary alicyclic amines) is 1. The highest BCUT2D eigenvalue weighted by molar-refractivity contribution is 5.94. The van der Waals surface area contributed by atoms with Crippen LogP contribution in [0, 0.1) is 0 Å². The Hall–Kier alpha value is -2.59. The Morgan fingerprint density at radius 1 is 1.11 bits per heavy atom. The number of methoxy groups -OCH3 is 1. The first-order valence-corrected chi connectivity index (χ1v) is 9.57. The highest BCUT2D eigenvalue weighted by atomic mass is 16.5. The van der Waals surface area contributed by atoms with Crippen LogP contribution in [0.25, 0.3) is 5.57 Å². The molecule has 4 heteroatoms. The fraction of sp³-hybridized carbons (Fsp3) is 0.348. The molecule has 0 spiro atoms. The third-order valence-electron chi connectivity index (χ3n) is 5.13. The van der Waals surface area contributed by atoms with Gasteiger partial charge in [0.1, 0.15) is 5.75 Å². The molecule has 0 saturated carbocycles. The molecule has 1 atom stereocenters. The van der Waals surface area contributed by atoms with Gasteiger partial charge in [-0.15, -0.1) is 0 Å². The average molecular weight is 364 g/mol. The molecule has 1 saturated heterocycles. The maximum absolute atomic E-state index is 12.5. The van der Waals surface area contributed by atoms with Crippen molar-refractivity contribution in [3.05, 3.63) is 71.8 Å². The van der Waals surface area contributed by atoms with Crippen LogP contribution in [-0.2, 0) is 4.79 Å². The molecule has 0 aromatic heterocycles. The van der Waals surface area contributed by atoms with E-state index in [9.17, 15) is 4.79 Å². The molecular weight excluding hydrogens is 336 g/mol. The van der Waals surface area contributed by atoms with E-state index in [1.165, 1.54) is 12.8 Å². The Morgan fingerprint density at radius 3 is 2.48 bits per heavy atom. The first kappa shape index (κ1) is 19.2. The van der Waals surface area contributed by atoms with Crippen LogP contribution in [0.15, 0.2) is 60.7 Å². The van der Waals surface area contributed by atoms with E-state index in [1.807, 2.05) is 55.5 Å². The third-order valence-corrected chi connectivity index (χ3v) is 5.13. The summed E-state index contributed by atoms with van der Waals surface area (Å²) in [5.41, 5.74) is 3.16. The molecule has 1 N–H and O–H groups in total. The third kappa shape index (κ3) is 4.98. The zero-order chi connectivity index (χ0) is 19.1. The van der Waals surface area contributed by atoms with Crippen molar-refractivity contribution in [3.8, 4) is 5.75 Å². The van der Waals surface area contributed by atoms with E-state index in [1.54, 1.807) is 13.2 Å². The van der Waals surface area contributed by atoms with Crippen LogP contribution in [0.2, 0.25) is 0 Å². The zero-order valence-corrected chi connectivity index (χ0v) is 16.2. The number of allylic oxidation sites excluding steroid dienone is 1. The molecule has 0 aliphatic carbocycles. The van der Waals surface area contributed by atoms with Gasteiger partial charge < -0.3 is 10.1 Å². The highest BCUT2D eigenvalue weighted by Gasteiger charge is 2.26. The van der Waals surface area contributed by atoms with Gasteiger partial charge in [0.2, 0.25) is 5.91 Å². The summed E-state index contributed by atoms with van der Waals surface area (Å²) in [7, 11) is 1.70. The lowest BCUT2D eigenvalue weighted by atomic mass is 10.0. The molecule has 2 aromatic carbocycles. The summed E-state index contributed by atoms with van der Waals surface area (Å²) in [6, 6.07) is 18.2. The molecular formula is C23H28N2O2. The molecule has 1 heterocycles. The lowest BCUT2D eigenvalue weighted by molar-refractivity contribution is -0.116. The summed E-state index contributed by atoms with van der Waals surface area (Å²) >= 11 is 0. The van der Waals surface area contributed by atoms with Crippen LogP contribution < -0.4 is 10.1 Å². The summed E-state index contributed by atoms with van der Waals surface area (Å²) in [4.78, 5) is 14.9. The predicted octanol–water partition coefficient (Wildman–Crippen LogP) is 4.05. The molecule has 0 radical (unpaired) electrons. The lowest BCUT2D eigenvalue weighted by Gasteiger charge is -2.29. The fourth-order valence-electron chi connectivity index (χ4n) is 3.66. The Bertz CT molecular complexity index is 780. The van der Waals surface area contributed by atoms with Crippen molar-refractivity contribution < 1.29 is 9.53 Å². The Morgan fingerprint density at radius 2 is 1.78 bits per heavy atom. The molecule has 1 aliphatic heterocycles. The number of nitrogens with one attached hydrogen (secondary N) is 1. The van der Waals surface area contributed by atoms with Crippen LogP contribution in [0.4, 0.5) is 0 Å². The molecule has 2 aromatic rings. The Balaban J connectivity index is 1.72. The Kier molecular flexibility index (Phi) is 6.66. The smallest absolute Gasteiger partial charge is 0.244 e. The SMILES string of the molecule is COc1ccccc1C(CNC(=O)C=C(C)c1ccccc1)N1CCCC1. The summed E-state index contributed by atoms with van der Waals surface area (Å²) < 4.78 is 5.56. The van der Waals surface area contributed by atoms with E-state index >= 15 is 0 Å². The first-order chi connectivity index (χ1) is 13.2. The zero-order valence-electron chi connectivity index (χ0n) is 16.2. The Labute approximate surface area is 161 Å². The van der Waals surface area contributed by atoms with Gasteiger partial charge in [0.25, 0.3) is 0 Å². The van der Waals surface area contributed by atoms with Gasteiger partial charge in [0.15, 0.2) is 0 Å². The molecule has 0 bridgehead atoms. The van der Waals surface area contributed by atoms with Gasteiger partial charge in [0.05, 0.1) is 13.2 Å². The summed E-state index contributed by atoms with van der Waals surface area (Å²) in [6.45, 7) is 4.64. The van der Waals surface area contributed by atoms with E-state index in [2.05, 4.69) is 16.3 Å². The number of rotatable bonds is 7. The molecule has 1 amide bonds. The second-order valence-corrected chi connectivity index (χ2v) is 6.94. The van der Waals surface area contributed by atoms with Crippen LogP contribution in [0.5, 0.6) is 5.75 Å². The largest absolute Gasteiger partial charge is 0.496 e. The maximum Gasteiger partial charge on any atom is 0.244 e. The topological polar surface area (TPSA) is 41.6 Å². The monoisotopic (exact) mass is 364 g/mol. The fourth-order valence-corrected chi connectivity index (χ4v) is 3.66. The van der Waals surface area contributed by atoms with Crippen molar-refractivity contribution in [3.63, 3.8) is 0 Å². The number of para-hydroxylation sites is 1. The van der Waals surface area contributed by atoms with Gasteiger partial charge >= 0.3 is 0 Å². The second kappa shape index (κ2) is 9.38. The molecule has 4 nitrogen and oxygen atoms in total. The predicted molar refractivity (Wildman–Crippen MR) is 110 cm³/mol. The second-order valence-electron chi connectivity index (χ2n) is 6.94. The normalized spacial score (nSPS) is 16.1. The lowest BCUT2D eigenvalue weighted by Crippen LogP contribution is -2.36. The molecule has 3 rings (SSSR count). The van der Waals surface area contributed by atoms with Crippen molar-refractivity contribution >= 4 is 11.5 Å². The molecule has 1 fully saturated rings. The van der Waals surface area contributed by atoms with Gasteiger partial charge in [-0.2, -0.15) is 0 Å². The van der Waals surface area contributed by atoms with E-state index in [-0.39, 0.29) is 11.9 Å². The van der Waals surface area contributed by atoms with Crippen LogP contribution in [0.3, 0.4) is 0 Å². The van der Waals surface area contributed by atoms with E-state index in [4.69, 9.17) is 4.74 Å². The molecule has 1 unspecified atom stereocenters.